The van der Waals surface area contributed by atoms with Crippen LogP contribution in [0.3, 0.4) is 0 Å². The Morgan fingerprint density at radius 1 is 1.04 bits per heavy atom. The number of nitrogens with one attached hydrogen (secondary N) is 2. The molecule has 0 saturated carbocycles. The van der Waals surface area contributed by atoms with Crippen molar-refractivity contribution in [3.63, 3.8) is 0 Å². The van der Waals surface area contributed by atoms with E-state index in [0.717, 1.165) is 16.6 Å². The number of nitrogens with zero attached hydrogens (tertiary/aromatic N) is 2. The van der Waals surface area contributed by atoms with E-state index in [1.54, 1.807) is 11.0 Å². The Morgan fingerprint density at radius 2 is 1.74 bits per heavy atom. The molecule has 0 aliphatic rings. The topological polar surface area (TPSA) is 59.0 Å². The van der Waals surface area contributed by atoms with Gasteiger partial charge in [-0.3, -0.25) is 0 Å². The van der Waals surface area contributed by atoms with Crippen LogP contribution in [0.25, 0.3) is 11.0 Å². The van der Waals surface area contributed by atoms with Crippen LogP contribution < -0.4 is 10.7 Å². The summed E-state index contributed by atoms with van der Waals surface area (Å²) in [4.78, 5) is 16.6. The molecule has 0 radical (unpaired) electrons. The van der Waals surface area contributed by atoms with Crippen LogP contribution in [0.5, 0.6) is 0 Å². The minimum atomic E-state index is -0.254. The van der Waals surface area contributed by atoms with E-state index in [4.69, 9.17) is 0 Å². The molecule has 0 saturated heterocycles. The first kappa shape index (κ1) is 15.1. The van der Waals surface area contributed by atoms with Crippen molar-refractivity contribution in [1.29, 1.82) is 0 Å². The molecule has 3 rings (SSSR count). The molecule has 1 aromatic heterocycles. The van der Waals surface area contributed by atoms with Crippen molar-refractivity contribution in [3.05, 3.63) is 66.5 Å². The highest BCUT2D eigenvalue weighted by Crippen LogP contribution is 2.21. The van der Waals surface area contributed by atoms with Gasteiger partial charge < -0.3 is 5.32 Å². The van der Waals surface area contributed by atoms with Gasteiger partial charge in [-0.25, -0.2) is 19.9 Å². The van der Waals surface area contributed by atoms with Gasteiger partial charge in [0.1, 0.15) is 6.33 Å². The van der Waals surface area contributed by atoms with E-state index >= 15 is 0 Å². The van der Waals surface area contributed by atoms with Gasteiger partial charge in [0.05, 0.1) is 17.1 Å². The van der Waals surface area contributed by atoms with Gasteiger partial charge in [-0.2, -0.15) is 0 Å². The number of rotatable bonds is 4. The Hall–Kier alpha value is -2.82. The molecule has 0 spiro atoms. The summed E-state index contributed by atoms with van der Waals surface area (Å²) < 4.78 is 1.63. The van der Waals surface area contributed by atoms with E-state index in [1.165, 1.54) is 0 Å². The zero-order valence-corrected chi connectivity index (χ0v) is 13.2. The van der Waals surface area contributed by atoms with Crippen LogP contribution in [0.4, 0.5) is 4.79 Å². The van der Waals surface area contributed by atoms with Gasteiger partial charge in [0, 0.05) is 0 Å². The number of fused-ring (bicyclic) bond motifs is 1. The summed E-state index contributed by atoms with van der Waals surface area (Å²) in [7, 11) is 0. The van der Waals surface area contributed by atoms with E-state index in [1.807, 2.05) is 54.6 Å². The average molecular weight is 308 g/mol. The van der Waals surface area contributed by atoms with Crippen molar-refractivity contribution in [2.75, 3.05) is 5.43 Å². The van der Waals surface area contributed by atoms with E-state index in [0.29, 0.717) is 0 Å². The van der Waals surface area contributed by atoms with Crippen LogP contribution >= 0.6 is 0 Å². The summed E-state index contributed by atoms with van der Waals surface area (Å²) >= 11 is 0. The fourth-order valence-electron chi connectivity index (χ4n) is 2.63. The highest BCUT2D eigenvalue weighted by molar-refractivity contribution is 5.85. The zero-order chi connectivity index (χ0) is 16.2. The molecule has 0 aliphatic carbocycles. The number of aromatic nitrogens is 2. The van der Waals surface area contributed by atoms with Crippen LogP contribution in [0, 0.1) is 5.92 Å². The number of hydrogen-bond acceptors (Lipinski definition) is 2. The van der Waals surface area contributed by atoms with Crippen molar-refractivity contribution in [2.45, 2.75) is 19.9 Å². The lowest BCUT2D eigenvalue weighted by Crippen LogP contribution is -2.38. The molecule has 5 heteroatoms. The molecule has 5 nitrogen and oxygen atoms in total. The quantitative estimate of drug-likeness (QED) is 0.772. The SMILES string of the molecule is CC(C)C(NC(=O)Nn1cnc2ccccc21)c1ccccc1. The molecule has 23 heavy (non-hydrogen) atoms. The molecule has 0 aliphatic heterocycles. The summed E-state index contributed by atoms with van der Waals surface area (Å²) in [5.74, 6) is 0.280. The Labute approximate surface area is 135 Å². The third-order valence-corrected chi connectivity index (χ3v) is 3.79. The second-order valence-corrected chi connectivity index (χ2v) is 5.82. The minimum Gasteiger partial charge on any atom is -0.330 e. The van der Waals surface area contributed by atoms with Gasteiger partial charge in [-0.1, -0.05) is 56.3 Å². The van der Waals surface area contributed by atoms with E-state index in [2.05, 4.69) is 29.6 Å². The first-order chi connectivity index (χ1) is 11.1. The molecular formula is C18H20N4O. The summed E-state index contributed by atoms with van der Waals surface area (Å²) in [5, 5.41) is 3.04. The van der Waals surface area contributed by atoms with Gasteiger partial charge in [-0.05, 0) is 23.6 Å². The monoisotopic (exact) mass is 308 g/mol. The Balaban J connectivity index is 1.75. The molecule has 3 aromatic rings. The van der Waals surface area contributed by atoms with E-state index in [-0.39, 0.29) is 18.0 Å². The Morgan fingerprint density at radius 3 is 2.48 bits per heavy atom. The maximum Gasteiger partial charge on any atom is 0.334 e. The van der Waals surface area contributed by atoms with Crippen LogP contribution in [0.15, 0.2) is 60.9 Å². The number of carbonyl (C=O) groups is 1. The van der Waals surface area contributed by atoms with Crippen molar-refractivity contribution in [2.24, 2.45) is 5.92 Å². The molecule has 2 aromatic carbocycles. The Bertz CT molecular complexity index is 795. The van der Waals surface area contributed by atoms with Crippen molar-refractivity contribution < 1.29 is 4.79 Å². The number of imidazole rings is 1. The summed E-state index contributed by atoms with van der Waals surface area (Å²) in [6.45, 7) is 4.18. The largest absolute Gasteiger partial charge is 0.334 e. The molecule has 2 N–H and O–H groups in total. The summed E-state index contributed by atoms with van der Waals surface area (Å²) in [5.41, 5.74) is 5.62. The number of carbonyl (C=O) groups excluding carboxylic acids is 1. The molecule has 2 amide bonds. The highest BCUT2D eigenvalue weighted by atomic mass is 16.2. The average Bonchev–Trinajstić information content (AvgIpc) is 2.96. The van der Waals surface area contributed by atoms with Gasteiger partial charge in [-0.15, -0.1) is 0 Å². The molecule has 1 atom stereocenters. The number of para-hydroxylation sites is 2. The predicted molar refractivity (Wildman–Crippen MR) is 91.6 cm³/mol. The highest BCUT2D eigenvalue weighted by Gasteiger charge is 2.18. The molecular weight excluding hydrogens is 288 g/mol. The summed E-state index contributed by atoms with van der Waals surface area (Å²) in [6.07, 6.45) is 1.61. The van der Waals surface area contributed by atoms with Crippen molar-refractivity contribution >= 4 is 17.1 Å². The minimum absolute atomic E-state index is 0.0500. The number of urea groups is 1. The third-order valence-electron chi connectivity index (χ3n) is 3.79. The maximum atomic E-state index is 12.4. The standard InChI is InChI=1S/C18H20N4O/c1-13(2)17(14-8-4-3-5-9-14)20-18(23)21-22-12-19-15-10-6-7-11-16(15)22/h3-13,17H,1-2H3,(H2,20,21,23). The van der Waals surface area contributed by atoms with Crippen molar-refractivity contribution in [1.82, 2.24) is 15.0 Å². The van der Waals surface area contributed by atoms with E-state index < -0.39 is 0 Å². The summed E-state index contributed by atoms with van der Waals surface area (Å²) in [6, 6.07) is 17.3. The van der Waals surface area contributed by atoms with Gasteiger partial charge in [0.15, 0.2) is 0 Å². The van der Waals surface area contributed by atoms with Gasteiger partial charge in [0.25, 0.3) is 0 Å². The maximum absolute atomic E-state index is 12.4. The lowest BCUT2D eigenvalue weighted by Gasteiger charge is -2.23. The van der Waals surface area contributed by atoms with Crippen LogP contribution in [0.1, 0.15) is 25.5 Å². The van der Waals surface area contributed by atoms with Gasteiger partial charge in [0.2, 0.25) is 0 Å². The lowest BCUT2D eigenvalue weighted by atomic mass is 9.96. The predicted octanol–water partition coefficient (Wildman–Crippen LogP) is 3.69. The molecule has 0 fully saturated rings. The number of hydrogen-bond donors (Lipinski definition) is 2. The second-order valence-electron chi connectivity index (χ2n) is 5.82. The van der Waals surface area contributed by atoms with Crippen molar-refractivity contribution in [3.8, 4) is 0 Å². The van der Waals surface area contributed by atoms with Crippen LogP contribution in [0.2, 0.25) is 0 Å². The first-order valence-corrected chi connectivity index (χ1v) is 7.69. The lowest BCUT2D eigenvalue weighted by molar-refractivity contribution is 0.242. The second kappa shape index (κ2) is 6.52. The number of amides is 2. The number of benzene rings is 2. The molecule has 0 bridgehead atoms. The van der Waals surface area contributed by atoms with Crippen LogP contribution in [-0.4, -0.2) is 15.7 Å². The Kier molecular flexibility index (Phi) is 4.28. The smallest absolute Gasteiger partial charge is 0.330 e. The van der Waals surface area contributed by atoms with E-state index in [9.17, 15) is 4.79 Å². The molecule has 1 unspecified atom stereocenters. The first-order valence-electron chi connectivity index (χ1n) is 7.69. The fourth-order valence-corrected chi connectivity index (χ4v) is 2.63. The normalized spacial score (nSPS) is 12.3. The van der Waals surface area contributed by atoms with Gasteiger partial charge >= 0.3 is 6.03 Å². The fraction of sp³-hybridized carbons (Fsp3) is 0.222. The van der Waals surface area contributed by atoms with Crippen LogP contribution in [-0.2, 0) is 0 Å². The molecule has 118 valence electrons. The zero-order valence-electron chi connectivity index (χ0n) is 13.2. The molecule has 1 heterocycles. The third kappa shape index (κ3) is 3.34.